The Balaban J connectivity index is -0.000000223. The molecule has 0 heterocycles. The molecule has 0 spiro atoms. The summed E-state index contributed by atoms with van der Waals surface area (Å²) < 4.78 is 0.791. The van der Waals surface area contributed by atoms with Crippen molar-refractivity contribution in [2.24, 2.45) is 0 Å². The Bertz CT molecular complexity index is 2150. The number of nitro groups is 3. The molecule has 0 saturated carbocycles. The van der Waals surface area contributed by atoms with E-state index in [1.165, 1.54) is 18.2 Å². The van der Waals surface area contributed by atoms with Gasteiger partial charge in [-0.3, -0.25) is 35.1 Å². The number of carboxylic acid groups (broad SMARTS) is 1. The van der Waals surface area contributed by atoms with Crippen LogP contribution in [0.5, 0.6) is 0 Å². The number of hydrogen-bond donors (Lipinski definition) is 3. The van der Waals surface area contributed by atoms with Crippen molar-refractivity contribution in [2.45, 2.75) is 105 Å². The van der Waals surface area contributed by atoms with Crippen LogP contribution < -0.4 is 11.9 Å². The third-order valence-electron chi connectivity index (χ3n) is 8.03. The molecule has 4 aromatic carbocycles. The maximum atomic E-state index is 10.5. The third kappa shape index (κ3) is 22.7. The number of nitriles is 2. The van der Waals surface area contributed by atoms with E-state index in [9.17, 15) is 30.3 Å². The van der Waals surface area contributed by atoms with Gasteiger partial charge in [0.05, 0.1) is 38.0 Å². The van der Waals surface area contributed by atoms with Crippen LogP contribution in [-0.4, -0.2) is 26.3 Å². The predicted octanol–water partition coefficient (Wildman–Crippen LogP) is 12.6. The average molecular weight is 1080 g/mol. The zero-order valence-corrected chi connectivity index (χ0v) is 42.4. The molecule has 0 bridgehead atoms. The van der Waals surface area contributed by atoms with E-state index in [-0.39, 0.29) is 101 Å². The molecule has 0 atom stereocenters. The van der Waals surface area contributed by atoms with Gasteiger partial charge in [-0.25, -0.2) is 0 Å². The number of nitrogens with two attached hydrogens (primary N) is 1. The molecule has 0 aliphatic heterocycles. The monoisotopic (exact) mass is 1080 g/mol. The molecule has 15 nitrogen and oxygen atoms in total. The van der Waals surface area contributed by atoms with Gasteiger partial charge >= 0.3 is 0 Å². The summed E-state index contributed by atoms with van der Waals surface area (Å²) in [4.78, 5) is 38.5. The van der Waals surface area contributed by atoms with Crippen molar-refractivity contribution < 1.29 is 45.1 Å². The number of benzene rings is 4. The Hall–Kier alpha value is -5.09. The molecule has 4 rings (SSSR count). The molecule has 62 heavy (non-hydrogen) atoms. The largest absolute Gasteiger partial charge is 0.483 e. The van der Waals surface area contributed by atoms with Gasteiger partial charge in [-0.1, -0.05) is 129 Å². The fourth-order valence-corrected chi connectivity index (χ4v) is 5.97. The number of rotatable bonds is 3. The first kappa shape index (κ1) is 66.0. The van der Waals surface area contributed by atoms with Crippen molar-refractivity contribution in [1.82, 2.24) is 6.15 Å². The Morgan fingerprint density at radius 1 is 0.597 bits per heavy atom. The van der Waals surface area contributed by atoms with Crippen LogP contribution >= 0.6 is 32.9 Å². The van der Waals surface area contributed by atoms with E-state index < -0.39 is 9.85 Å². The molecule has 0 fully saturated rings. The Labute approximate surface area is 398 Å². The van der Waals surface area contributed by atoms with Gasteiger partial charge in [-0.2, -0.15) is 10.5 Å². The van der Waals surface area contributed by atoms with Gasteiger partial charge in [-0.05, 0) is 56.0 Å². The van der Waals surface area contributed by atoms with Gasteiger partial charge in [0, 0.05) is 67.0 Å². The summed E-state index contributed by atoms with van der Waals surface area (Å²) in [5.41, 5.74) is 11.4. The summed E-state index contributed by atoms with van der Waals surface area (Å²) in [6.45, 7) is 24.3. The third-order valence-corrected chi connectivity index (χ3v) is 8.69. The number of carbonyl (C=O) groups is 1. The molecule has 0 aliphatic carbocycles. The van der Waals surface area contributed by atoms with Crippen molar-refractivity contribution in [3.8, 4) is 12.1 Å². The smallest absolute Gasteiger partial charge is 0.290 e. The number of non-ortho nitro benzene ring substituents is 3. The van der Waals surface area contributed by atoms with E-state index in [4.69, 9.17) is 26.2 Å². The van der Waals surface area contributed by atoms with Gasteiger partial charge in [0.2, 0.25) is 0 Å². The van der Waals surface area contributed by atoms with Crippen LogP contribution in [0.2, 0.25) is 0 Å². The van der Waals surface area contributed by atoms with Crippen molar-refractivity contribution in [1.29, 1.82) is 10.5 Å². The topological polar surface area (TPSA) is 275 Å². The van der Waals surface area contributed by atoms with Gasteiger partial charge in [0.1, 0.15) is 0 Å². The second-order valence-corrected chi connectivity index (χ2v) is 17.7. The summed E-state index contributed by atoms with van der Waals surface area (Å²) in [5.74, 6) is 0. The summed E-state index contributed by atoms with van der Waals surface area (Å²) in [6.07, 6.45) is 0. The summed E-state index contributed by atoms with van der Waals surface area (Å²) >= 11 is 3.35. The summed E-state index contributed by atoms with van der Waals surface area (Å²) in [7, 11) is 0. The fraction of sp³-hybridized carbons (Fsp3) is 0.364. The Kier molecular flexibility index (Phi) is 30.3. The maximum absolute atomic E-state index is 10.5. The zero-order chi connectivity index (χ0) is 45.4. The second-order valence-electron chi connectivity index (χ2n) is 16.8. The molecule has 344 valence electrons. The maximum Gasteiger partial charge on any atom is 0.290 e. The number of anilines is 1. The van der Waals surface area contributed by atoms with Crippen LogP contribution in [0.15, 0.2) is 83.3 Å². The standard InChI is InChI=1S/C11H12N2O2.C11H14N2.C10H12BrNO2.C10H13NO2.CH2O2.CH3.BrH.H3N.Pd/c1-11(2,3)10-5-4-9(13(14)15)6-8(10)7-12;1-11(2,3)10-5-4-9(13)6-8(10)7-12;1-10(2,3)8-5-4-7(12(13)14)6-9(8)11;1-10(2,3)8-4-6-9(7-5-8)11(12)13;2-1-3;;;;/h4-6H,1-3H3;4-6H,13H2,1-3H3;4-6H,1-3H3;4-7H,1-3H3;1H,(H,2,3);1H3;1H;1H3;/q;;;;;-1;;;. The number of halogens is 2. The second kappa shape index (κ2) is 28.5. The van der Waals surface area contributed by atoms with Gasteiger partial charge in [-0.15, -0.1) is 17.0 Å². The molecule has 0 radical (unpaired) electrons. The van der Waals surface area contributed by atoms with E-state index in [2.05, 4.69) is 84.3 Å². The van der Waals surface area contributed by atoms with Crippen LogP contribution in [0.1, 0.15) is 116 Å². The van der Waals surface area contributed by atoms with Crippen molar-refractivity contribution >= 4 is 62.1 Å². The molecule has 0 saturated heterocycles. The fourth-order valence-electron chi connectivity index (χ4n) is 5.01. The molecular formula is C44H60Br2N7O8Pd-. The van der Waals surface area contributed by atoms with E-state index in [1.54, 1.807) is 48.5 Å². The number of nitrogen functional groups attached to an aromatic ring is 1. The van der Waals surface area contributed by atoms with Gasteiger partial charge in [0.15, 0.2) is 0 Å². The van der Waals surface area contributed by atoms with Gasteiger partial charge in [0.25, 0.3) is 23.5 Å². The molecule has 18 heteroatoms. The SMILES string of the molecule is Br.CC(C)(C)c1ccc(N)cc1C#N.CC(C)(C)c1ccc([N+](=O)[O-])cc1.CC(C)(C)c1ccc([N+](=O)[O-])cc1Br.CC(C)(C)c1ccc([N+](=O)[O-])cc1C#N.N.O=CO.[CH3-].[Pd]. The minimum absolute atomic E-state index is 0. The normalized spacial score (nSPS) is 10.0. The minimum atomic E-state index is -0.493. The molecule has 0 aromatic heterocycles. The van der Waals surface area contributed by atoms with Gasteiger partial charge < -0.3 is 24.4 Å². The Morgan fingerprint density at radius 3 is 1.21 bits per heavy atom. The van der Waals surface area contributed by atoms with Crippen molar-refractivity contribution in [2.75, 3.05) is 5.73 Å². The average Bonchev–Trinajstić information content (AvgIpc) is 3.10. The molecular weight excluding hydrogens is 1020 g/mol. The molecule has 0 amide bonds. The van der Waals surface area contributed by atoms with E-state index in [0.29, 0.717) is 16.8 Å². The van der Waals surface area contributed by atoms with Crippen LogP contribution in [-0.2, 0) is 46.9 Å². The Morgan fingerprint density at radius 2 is 0.903 bits per heavy atom. The minimum Gasteiger partial charge on any atom is -0.483 e. The van der Waals surface area contributed by atoms with Crippen molar-refractivity contribution in [3.05, 3.63) is 154 Å². The first-order valence-electron chi connectivity index (χ1n) is 17.7. The van der Waals surface area contributed by atoms with E-state index in [1.807, 2.05) is 39.0 Å². The molecule has 4 aromatic rings. The van der Waals surface area contributed by atoms with Crippen LogP contribution in [0.25, 0.3) is 0 Å². The van der Waals surface area contributed by atoms with Crippen LogP contribution in [0, 0.1) is 60.4 Å². The molecule has 0 aliphatic rings. The van der Waals surface area contributed by atoms with Crippen LogP contribution in [0.4, 0.5) is 22.7 Å². The number of nitrogens with zero attached hydrogens (tertiary/aromatic N) is 5. The molecule has 6 N–H and O–H groups in total. The van der Waals surface area contributed by atoms with Crippen molar-refractivity contribution in [3.63, 3.8) is 0 Å². The quantitative estimate of drug-likeness (QED) is 0.0431. The molecule has 0 unspecified atom stereocenters. The predicted molar refractivity (Wildman–Crippen MR) is 253 cm³/mol. The summed E-state index contributed by atoms with van der Waals surface area (Å²) in [5, 5.41) is 56.1. The van der Waals surface area contributed by atoms with E-state index >= 15 is 0 Å². The van der Waals surface area contributed by atoms with Crippen LogP contribution in [0.3, 0.4) is 0 Å². The van der Waals surface area contributed by atoms with E-state index in [0.717, 1.165) is 26.7 Å². The first-order chi connectivity index (χ1) is 26.5. The first-order valence-corrected chi connectivity index (χ1v) is 18.5. The zero-order valence-electron chi connectivity index (χ0n) is 37.5. The number of nitro benzene ring substituents is 3. The number of hydrogen-bond acceptors (Lipinski definition) is 11. The summed E-state index contributed by atoms with van der Waals surface area (Å²) in [6, 6.07) is 25.6.